The van der Waals surface area contributed by atoms with Crippen molar-refractivity contribution in [2.45, 2.75) is 30.8 Å². The maximum Gasteiger partial charge on any atom is 0.240 e. The molecule has 26 heavy (non-hydrogen) atoms. The van der Waals surface area contributed by atoms with E-state index in [-0.39, 0.29) is 12.1 Å². The lowest BCUT2D eigenvalue weighted by Gasteiger charge is -2.38. The molecule has 2 aromatic rings. The number of benzene rings is 2. The second kappa shape index (κ2) is 8.31. The minimum atomic E-state index is -3.58. The number of ether oxygens (including phenoxy) is 1. The number of nitrogens with one attached hydrogen (secondary N) is 1. The Morgan fingerprint density at radius 1 is 1.00 bits per heavy atom. The molecule has 0 saturated carbocycles. The van der Waals surface area contributed by atoms with E-state index >= 15 is 0 Å². The van der Waals surface area contributed by atoms with Crippen LogP contribution in [0.25, 0.3) is 0 Å². The van der Waals surface area contributed by atoms with Crippen LogP contribution in [0.1, 0.15) is 24.1 Å². The Labute approximate surface area is 156 Å². The molecular weight excluding hydrogens is 348 g/mol. The maximum atomic E-state index is 12.8. The van der Waals surface area contributed by atoms with Crippen LogP contribution in [0, 0.1) is 6.92 Å². The molecule has 0 spiro atoms. The first-order valence-electron chi connectivity index (χ1n) is 8.93. The Morgan fingerprint density at radius 3 is 2.23 bits per heavy atom. The van der Waals surface area contributed by atoms with Gasteiger partial charge in [0.15, 0.2) is 0 Å². The summed E-state index contributed by atoms with van der Waals surface area (Å²) < 4.78 is 34.0. The van der Waals surface area contributed by atoms with E-state index in [2.05, 4.69) is 21.8 Å². The van der Waals surface area contributed by atoms with Crippen LogP contribution in [-0.4, -0.2) is 45.7 Å². The zero-order valence-corrected chi connectivity index (χ0v) is 16.1. The van der Waals surface area contributed by atoms with Crippen LogP contribution in [0.4, 0.5) is 0 Å². The van der Waals surface area contributed by atoms with Gasteiger partial charge in [0.25, 0.3) is 0 Å². The van der Waals surface area contributed by atoms with Crippen molar-refractivity contribution in [3.63, 3.8) is 0 Å². The zero-order valence-electron chi connectivity index (χ0n) is 15.3. The summed E-state index contributed by atoms with van der Waals surface area (Å²) in [6.45, 7) is 6.78. The number of morpholine rings is 1. The van der Waals surface area contributed by atoms with Crippen molar-refractivity contribution in [1.82, 2.24) is 9.62 Å². The molecule has 140 valence electrons. The van der Waals surface area contributed by atoms with Gasteiger partial charge in [-0.2, -0.15) is 0 Å². The fraction of sp³-hybridized carbons (Fsp3) is 0.400. The molecule has 2 aromatic carbocycles. The zero-order chi connectivity index (χ0) is 18.6. The highest BCUT2D eigenvalue weighted by Crippen LogP contribution is 2.26. The second-order valence-electron chi connectivity index (χ2n) is 6.73. The number of hydrogen-bond acceptors (Lipinski definition) is 4. The van der Waals surface area contributed by atoms with E-state index < -0.39 is 10.0 Å². The molecule has 0 radical (unpaired) electrons. The van der Waals surface area contributed by atoms with Crippen molar-refractivity contribution in [2.24, 2.45) is 0 Å². The Balaban J connectivity index is 1.85. The normalized spacial score (nSPS) is 18.4. The van der Waals surface area contributed by atoms with Gasteiger partial charge in [0.05, 0.1) is 24.2 Å². The Bertz CT molecular complexity index is 801. The lowest BCUT2D eigenvalue weighted by atomic mass is 9.99. The first-order valence-corrected chi connectivity index (χ1v) is 10.4. The molecule has 1 aliphatic heterocycles. The summed E-state index contributed by atoms with van der Waals surface area (Å²) in [7, 11) is -3.58. The van der Waals surface area contributed by atoms with E-state index in [1.165, 1.54) is 0 Å². The monoisotopic (exact) mass is 374 g/mol. The van der Waals surface area contributed by atoms with Crippen molar-refractivity contribution in [3.8, 4) is 0 Å². The van der Waals surface area contributed by atoms with Crippen LogP contribution >= 0.6 is 0 Å². The largest absolute Gasteiger partial charge is 0.379 e. The molecule has 1 N–H and O–H groups in total. The molecule has 0 bridgehead atoms. The highest BCUT2D eigenvalue weighted by molar-refractivity contribution is 7.89. The number of aryl methyl sites for hydroxylation is 1. The van der Waals surface area contributed by atoms with Crippen LogP contribution in [0.2, 0.25) is 0 Å². The van der Waals surface area contributed by atoms with Crippen molar-refractivity contribution in [1.29, 1.82) is 0 Å². The SMILES string of the molecule is Cc1ccc(S(=O)(=O)N[C@H](C)[C@H](c2ccccc2)N2CCOCC2)cc1. The van der Waals surface area contributed by atoms with Crippen LogP contribution in [0.15, 0.2) is 59.5 Å². The van der Waals surface area contributed by atoms with E-state index in [0.717, 1.165) is 24.2 Å². The van der Waals surface area contributed by atoms with Crippen LogP contribution in [0.5, 0.6) is 0 Å². The van der Waals surface area contributed by atoms with Gasteiger partial charge in [-0.15, -0.1) is 0 Å². The quantitative estimate of drug-likeness (QED) is 0.845. The van der Waals surface area contributed by atoms with Crippen LogP contribution in [0.3, 0.4) is 0 Å². The van der Waals surface area contributed by atoms with E-state index in [1.54, 1.807) is 12.1 Å². The van der Waals surface area contributed by atoms with Gasteiger partial charge in [-0.25, -0.2) is 13.1 Å². The Kier molecular flexibility index (Phi) is 6.09. The van der Waals surface area contributed by atoms with E-state index in [9.17, 15) is 8.42 Å². The number of hydrogen-bond donors (Lipinski definition) is 1. The third-order valence-electron chi connectivity index (χ3n) is 4.73. The van der Waals surface area contributed by atoms with Crippen LogP contribution < -0.4 is 4.72 Å². The molecule has 0 aromatic heterocycles. The molecule has 3 rings (SSSR count). The first-order chi connectivity index (χ1) is 12.5. The summed E-state index contributed by atoms with van der Waals surface area (Å²) in [4.78, 5) is 2.59. The Morgan fingerprint density at radius 2 is 1.62 bits per heavy atom. The van der Waals surface area contributed by atoms with Gasteiger partial charge in [-0.05, 0) is 31.5 Å². The van der Waals surface area contributed by atoms with Crippen LogP contribution in [-0.2, 0) is 14.8 Å². The fourth-order valence-corrected chi connectivity index (χ4v) is 4.67. The summed E-state index contributed by atoms with van der Waals surface area (Å²) in [5.74, 6) is 0. The minimum absolute atomic E-state index is 0.0414. The highest BCUT2D eigenvalue weighted by atomic mass is 32.2. The molecule has 0 amide bonds. The average Bonchev–Trinajstić information content (AvgIpc) is 2.63. The average molecular weight is 375 g/mol. The summed E-state index contributed by atoms with van der Waals surface area (Å²) in [6.07, 6.45) is 0. The predicted octanol–water partition coefficient (Wildman–Crippen LogP) is 2.74. The van der Waals surface area contributed by atoms with Crippen molar-refractivity contribution in [2.75, 3.05) is 26.3 Å². The van der Waals surface area contributed by atoms with E-state index in [1.807, 2.05) is 44.2 Å². The number of rotatable bonds is 6. The molecule has 1 heterocycles. The lowest BCUT2D eigenvalue weighted by Crippen LogP contribution is -2.48. The van der Waals surface area contributed by atoms with Gasteiger partial charge < -0.3 is 4.74 Å². The van der Waals surface area contributed by atoms with Gasteiger partial charge in [0.1, 0.15) is 0 Å². The van der Waals surface area contributed by atoms with Gasteiger partial charge in [0.2, 0.25) is 10.0 Å². The molecule has 1 aliphatic rings. The molecule has 6 heteroatoms. The van der Waals surface area contributed by atoms with Crippen molar-refractivity contribution < 1.29 is 13.2 Å². The smallest absolute Gasteiger partial charge is 0.240 e. The summed E-state index contributed by atoms with van der Waals surface area (Å²) in [5.41, 5.74) is 2.14. The predicted molar refractivity (Wildman–Crippen MR) is 103 cm³/mol. The summed E-state index contributed by atoms with van der Waals surface area (Å²) in [5, 5.41) is 0. The molecule has 1 fully saturated rings. The van der Waals surface area contributed by atoms with Gasteiger partial charge in [0, 0.05) is 19.1 Å². The molecule has 0 aliphatic carbocycles. The Hall–Kier alpha value is -1.73. The van der Waals surface area contributed by atoms with Gasteiger partial charge in [-0.3, -0.25) is 4.90 Å². The molecular formula is C20H26N2O3S. The standard InChI is InChI=1S/C20H26N2O3S/c1-16-8-10-19(11-9-16)26(23,24)21-17(2)20(18-6-4-3-5-7-18)22-12-14-25-15-13-22/h3-11,17,20-21H,12-15H2,1-2H3/t17-,20-/m1/s1. The highest BCUT2D eigenvalue weighted by Gasteiger charge is 2.30. The molecule has 0 unspecified atom stereocenters. The molecule has 2 atom stereocenters. The van der Waals surface area contributed by atoms with Gasteiger partial charge >= 0.3 is 0 Å². The van der Waals surface area contributed by atoms with E-state index in [4.69, 9.17) is 4.74 Å². The maximum absolute atomic E-state index is 12.8. The third kappa shape index (κ3) is 4.51. The first kappa shape index (κ1) is 19.0. The number of nitrogens with zero attached hydrogens (tertiary/aromatic N) is 1. The van der Waals surface area contributed by atoms with Crippen molar-refractivity contribution in [3.05, 3.63) is 65.7 Å². The van der Waals surface area contributed by atoms with Gasteiger partial charge in [-0.1, -0.05) is 48.0 Å². The minimum Gasteiger partial charge on any atom is -0.379 e. The molecule has 1 saturated heterocycles. The van der Waals surface area contributed by atoms with E-state index in [0.29, 0.717) is 18.1 Å². The van der Waals surface area contributed by atoms with Crippen molar-refractivity contribution >= 4 is 10.0 Å². The lowest BCUT2D eigenvalue weighted by molar-refractivity contribution is 0.0105. The fourth-order valence-electron chi connectivity index (χ4n) is 3.42. The summed E-state index contributed by atoms with van der Waals surface area (Å²) >= 11 is 0. The summed E-state index contributed by atoms with van der Waals surface area (Å²) in [6, 6.07) is 16.7. The number of sulfonamides is 1. The third-order valence-corrected chi connectivity index (χ3v) is 6.30. The molecule has 5 nitrogen and oxygen atoms in total. The topological polar surface area (TPSA) is 58.6 Å². The second-order valence-corrected chi connectivity index (χ2v) is 8.44.